The van der Waals surface area contributed by atoms with Crippen LogP contribution in [0.15, 0.2) is 53.1 Å². The largest absolute Gasteiger partial charge is 0.494 e. The van der Waals surface area contributed by atoms with Gasteiger partial charge in [0.25, 0.3) is 0 Å². The number of imide groups is 1. The molecule has 9 heteroatoms. The van der Waals surface area contributed by atoms with Crippen LogP contribution in [0.2, 0.25) is 0 Å². The zero-order valence-electron chi connectivity index (χ0n) is 18.7. The van der Waals surface area contributed by atoms with Gasteiger partial charge in [-0.2, -0.15) is 4.98 Å². The Bertz CT molecular complexity index is 1200. The van der Waals surface area contributed by atoms with Gasteiger partial charge in [0.15, 0.2) is 0 Å². The van der Waals surface area contributed by atoms with Crippen molar-refractivity contribution in [3.05, 3.63) is 65.8 Å². The van der Waals surface area contributed by atoms with E-state index in [0.717, 1.165) is 11.3 Å². The second-order valence-corrected chi connectivity index (χ2v) is 8.64. The molecule has 2 fully saturated rings. The average Bonchev–Trinajstić information content (AvgIpc) is 3.33. The van der Waals surface area contributed by atoms with Crippen molar-refractivity contribution in [3.63, 3.8) is 0 Å². The molecule has 3 atom stereocenters. The molecule has 8 nitrogen and oxygen atoms in total. The first kappa shape index (κ1) is 22.1. The van der Waals surface area contributed by atoms with E-state index in [2.05, 4.69) is 15.5 Å². The molecule has 0 bridgehead atoms. The smallest absolute Gasteiger partial charge is 0.324 e. The van der Waals surface area contributed by atoms with E-state index in [4.69, 9.17) is 9.26 Å². The Labute approximate surface area is 196 Å². The summed E-state index contributed by atoms with van der Waals surface area (Å²) in [4.78, 5) is 31.6. The monoisotopic (exact) mass is 464 g/mol. The highest BCUT2D eigenvalue weighted by Gasteiger charge is 2.45. The number of halogens is 1. The highest BCUT2D eigenvalue weighted by Crippen LogP contribution is 2.38. The fourth-order valence-corrected chi connectivity index (χ4v) is 4.72. The van der Waals surface area contributed by atoms with Crippen molar-refractivity contribution >= 4 is 11.9 Å². The third-order valence-corrected chi connectivity index (χ3v) is 6.44. The van der Waals surface area contributed by atoms with Gasteiger partial charge < -0.3 is 14.6 Å². The van der Waals surface area contributed by atoms with Crippen LogP contribution in [0.1, 0.15) is 43.6 Å². The zero-order chi connectivity index (χ0) is 23.7. The second kappa shape index (κ2) is 9.24. The molecule has 2 heterocycles. The molecule has 34 heavy (non-hydrogen) atoms. The van der Waals surface area contributed by atoms with Gasteiger partial charge in [-0.15, -0.1) is 0 Å². The molecule has 3 amide bonds. The minimum absolute atomic E-state index is 0.0469. The highest BCUT2D eigenvalue weighted by molar-refractivity contribution is 5.98. The fourth-order valence-electron chi connectivity index (χ4n) is 4.72. The molecule has 0 spiro atoms. The number of carbonyl (C=O) groups is 2. The summed E-state index contributed by atoms with van der Waals surface area (Å²) in [5.74, 6) is 0.811. The molecule has 1 aliphatic carbocycles. The average molecular weight is 464 g/mol. The Kier molecular flexibility index (Phi) is 6.00. The van der Waals surface area contributed by atoms with Crippen LogP contribution < -0.4 is 10.1 Å². The molecular weight excluding hydrogens is 439 g/mol. The standard InChI is InChI=1S/C25H25FN4O4/c1-2-33-19-5-3-4-16(12-19)22-28-23(34-29-22)17-8-11-20-21(13-17)27-25(32)30(24(20)31)14-15-6-9-18(26)10-7-15/h3-7,9-10,12,17,20-21H,2,8,11,13-14H2,1H3,(H,27,32). The van der Waals surface area contributed by atoms with Crippen LogP contribution in [-0.2, 0) is 11.3 Å². The van der Waals surface area contributed by atoms with E-state index < -0.39 is 6.03 Å². The Balaban J connectivity index is 1.26. The summed E-state index contributed by atoms with van der Waals surface area (Å²) < 4.78 is 24.3. The molecule has 1 saturated carbocycles. The molecule has 3 unspecified atom stereocenters. The summed E-state index contributed by atoms with van der Waals surface area (Å²) >= 11 is 0. The first-order valence-electron chi connectivity index (χ1n) is 11.4. The van der Waals surface area contributed by atoms with Crippen LogP contribution >= 0.6 is 0 Å². The lowest BCUT2D eigenvalue weighted by molar-refractivity contribution is -0.137. The van der Waals surface area contributed by atoms with Crippen molar-refractivity contribution in [3.8, 4) is 17.1 Å². The number of aromatic nitrogens is 2. The van der Waals surface area contributed by atoms with Crippen LogP contribution in [0, 0.1) is 11.7 Å². The van der Waals surface area contributed by atoms with Gasteiger partial charge in [0.2, 0.25) is 17.6 Å². The maximum atomic E-state index is 13.2. The van der Waals surface area contributed by atoms with E-state index in [-0.39, 0.29) is 36.1 Å². The first-order valence-corrected chi connectivity index (χ1v) is 11.4. The van der Waals surface area contributed by atoms with Gasteiger partial charge in [-0.05, 0) is 56.0 Å². The quantitative estimate of drug-likeness (QED) is 0.585. The van der Waals surface area contributed by atoms with Crippen molar-refractivity contribution in [1.29, 1.82) is 0 Å². The second-order valence-electron chi connectivity index (χ2n) is 8.64. The van der Waals surface area contributed by atoms with E-state index in [0.29, 0.717) is 43.1 Å². The Morgan fingerprint density at radius 3 is 2.79 bits per heavy atom. The lowest BCUT2D eigenvalue weighted by Gasteiger charge is -2.41. The van der Waals surface area contributed by atoms with Gasteiger partial charge >= 0.3 is 6.03 Å². The number of hydrogen-bond acceptors (Lipinski definition) is 6. The Morgan fingerprint density at radius 1 is 1.18 bits per heavy atom. The number of nitrogens with one attached hydrogen (secondary N) is 1. The SMILES string of the molecule is CCOc1cccc(-c2noc(C3CCC4C(=O)N(Cc5ccc(F)cc5)C(=O)NC4C3)n2)c1. The molecule has 0 radical (unpaired) electrons. The van der Waals surface area contributed by atoms with Crippen LogP contribution in [0.4, 0.5) is 9.18 Å². The summed E-state index contributed by atoms with van der Waals surface area (Å²) in [6.07, 6.45) is 1.85. The molecule has 3 aromatic rings. The summed E-state index contributed by atoms with van der Waals surface area (Å²) in [5.41, 5.74) is 1.50. The van der Waals surface area contributed by atoms with Crippen LogP contribution in [-0.4, -0.2) is 39.6 Å². The van der Waals surface area contributed by atoms with Crippen molar-refractivity contribution in [2.45, 2.75) is 44.7 Å². The summed E-state index contributed by atoms with van der Waals surface area (Å²) in [5, 5.41) is 7.11. The van der Waals surface area contributed by atoms with Crippen LogP contribution in [0.25, 0.3) is 11.4 Å². The normalized spacial score (nSPS) is 22.3. The van der Waals surface area contributed by atoms with Crippen molar-refractivity contribution in [2.24, 2.45) is 5.92 Å². The summed E-state index contributed by atoms with van der Waals surface area (Å²) in [6.45, 7) is 2.61. The van der Waals surface area contributed by atoms with Crippen LogP contribution in [0.3, 0.4) is 0 Å². The van der Waals surface area contributed by atoms with E-state index in [1.807, 2.05) is 31.2 Å². The molecule has 1 N–H and O–H groups in total. The number of benzene rings is 2. The zero-order valence-corrected chi connectivity index (χ0v) is 18.7. The molecule has 1 saturated heterocycles. The van der Waals surface area contributed by atoms with E-state index in [9.17, 15) is 14.0 Å². The number of hydrogen-bond donors (Lipinski definition) is 1. The minimum Gasteiger partial charge on any atom is -0.494 e. The Morgan fingerprint density at radius 2 is 2.00 bits per heavy atom. The van der Waals surface area contributed by atoms with E-state index in [1.54, 1.807) is 12.1 Å². The van der Waals surface area contributed by atoms with Crippen molar-refractivity contribution in [1.82, 2.24) is 20.4 Å². The maximum Gasteiger partial charge on any atom is 0.324 e. The van der Waals surface area contributed by atoms with Crippen molar-refractivity contribution < 1.29 is 23.2 Å². The third kappa shape index (κ3) is 4.37. The number of urea groups is 1. The van der Waals surface area contributed by atoms with Gasteiger partial charge in [0.1, 0.15) is 11.6 Å². The number of ether oxygens (including phenoxy) is 1. The lowest BCUT2D eigenvalue weighted by atomic mass is 9.76. The molecule has 176 valence electrons. The Hall–Kier alpha value is -3.75. The molecule has 5 rings (SSSR count). The first-order chi connectivity index (χ1) is 16.5. The van der Waals surface area contributed by atoms with Crippen molar-refractivity contribution in [2.75, 3.05) is 6.61 Å². The number of fused-ring (bicyclic) bond motifs is 1. The molecule has 2 aliphatic rings. The maximum absolute atomic E-state index is 13.2. The van der Waals surface area contributed by atoms with E-state index >= 15 is 0 Å². The predicted molar refractivity (Wildman–Crippen MR) is 120 cm³/mol. The van der Waals surface area contributed by atoms with Gasteiger partial charge in [0, 0.05) is 17.5 Å². The van der Waals surface area contributed by atoms with Gasteiger partial charge in [-0.25, -0.2) is 9.18 Å². The number of carbonyl (C=O) groups excluding carboxylic acids is 2. The minimum atomic E-state index is -0.435. The van der Waals surface area contributed by atoms with Crippen LogP contribution in [0.5, 0.6) is 5.75 Å². The number of rotatable bonds is 6. The third-order valence-electron chi connectivity index (χ3n) is 6.44. The lowest BCUT2D eigenvalue weighted by Crippen LogP contribution is -2.60. The highest BCUT2D eigenvalue weighted by atomic mass is 19.1. The van der Waals surface area contributed by atoms with Gasteiger partial charge in [-0.1, -0.05) is 29.4 Å². The number of amides is 3. The van der Waals surface area contributed by atoms with Gasteiger partial charge in [-0.3, -0.25) is 9.69 Å². The molecule has 2 aromatic carbocycles. The van der Waals surface area contributed by atoms with Gasteiger partial charge in [0.05, 0.1) is 19.1 Å². The fraction of sp³-hybridized carbons (Fsp3) is 0.360. The summed E-state index contributed by atoms with van der Waals surface area (Å²) in [6, 6.07) is 12.6. The predicted octanol–water partition coefficient (Wildman–Crippen LogP) is 4.28. The summed E-state index contributed by atoms with van der Waals surface area (Å²) in [7, 11) is 0. The topological polar surface area (TPSA) is 97.6 Å². The molecule has 1 aliphatic heterocycles. The van der Waals surface area contributed by atoms with E-state index in [1.165, 1.54) is 17.0 Å². The molecule has 1 aromatic heterocycles. The number of nitrogens with zero attached hydrogens (tertiary/aromatic N) is 3. The molecular formula is C25H25FN4O4.